The summed E-state index contributed by atoms with van der Waals surface area (Å²) in [4.78, 5) is 50.8. The molecule has 1 fully saturated rings. The lowest BCUT2D eigenvalue weighted by molar-refractivity contribution is -0.139. The monoisotopic (exact) mass is 429 g/mol. The van der Waals surface area contributed by atoms with Crippen molar-refractivity contribution in [1.29, 1.82) is 0 Å². The van der Waals surface area contributed by atoms with Crippen LogP contribution in [0.25, 0.3) is 0 Å². The quantitative estimate of drug-likeness (QED) is 0.685. The van der Waals surface area contributed by atoms with Crippen molar-refractivity contribution in [2.24, 2.45) is 5.92 Å². The Morgan fingerprint density at radius 1 is 1.13 bits per heavy atom. The number of hydrogen-bond donors (Lipinski definition) is 2. The van der Waals surface area contributed by atoms with Crippen LogP contribution in [0.2, 0.25) is 0 Å². The van der Waals surface area contributed by atoms with Gasteiger partial charge in [0, 0.05) is 30.3 Å². The summed E-state index contributed by atoms with van der Waals surface area (Å²) in [5.74, 6) is -1.30. The second-order valence-corrected chi connectivity index (χ2v) is 7.82. The predicted octanol–water partition coefficient (Wildman–Crippen LogP) is 2.14. The molecule has 0 bridgehead atoms. The summed E-state index contributed by atoms with van der Waals surface area (Å²) < 4.78 is 4.49. The molecule has 30 heavy (non-hydrogen) atoms. The summed E-state index contributed by atoms with van der Waals surface area (Å²) in [6.45, 7) is 0.838. The van der Waals surface area contributed by atoms with Crippen LogP contribution in [0.3, 0.4) is 0 Å². The summed E-state index contributed by atoms with van der Waals surface area (Å²) in [6.07, 6.45) is 1.17. The summed E-state index contributed by atoms with van der Waals surface area (Å²) in [7, 11) is 1.24. The van der Waals surface area contributed by atoms with Crippen molar-refractivity contribution in [3.05, 3.63) is 52.2 Å². The van der Waals surface area contributed by atoms with E-state index in [0.29, 0.717) is 42.1 Å². The molecular formula is C21H23N3O5S. The Morgan fingerprint density at radius 2 is 1.90 bits per heavy atom. The van der Waals surface area contributed by atoms with E-state index in [4.69, 9.17) is 0 Å². The van der Waals surface area contributed by atoms with Crippen LogP contribution in [0, 0.1) is 5.92 Å². The van der Waals surface area contributed by atoms with Gasteiger partial charge in [0.15, 0.2) is 0 Å². The van der Waals surface area contributed by atoms with Gasteiger partial charge in [-0.15, -0.1) is 11.3 Å². The molecule has 0 atom stereocenters. The normalized spacial score (nSPS) is 14.1. The zero-order valence-corrected chi connectivity index (χ0v) is 17.4. The molecule has 1 aromatic heterocycles. The van der Waals surface area contributed by atoms with E-state index >= 15 is 0 Å². The van der Waals surface area contributed by atoms with E-state index in [2.05, 4.69) is 15.4 Å². The van der Waals surface area contributed by atoms with Gasteiger partial charge in [-0.25, -0.2) is 0 Å². The van der Waals surface area contributed by atoms with Gasteiger partial charge < -0.3 is 20.3 Å². The van der Waals surface area contributed by atoms with E-state index in [9.17, 15) is 19.2 Å². The zero-order valence-electron chi connectivity index (χ0n) is 16.6. The minimum atomic E-state index is -0.545. The maximum absolute atomic E-state index is 12.6. The van der Waals surface area contributed by atoms with Crippen LogP contribution in [0.5, 0.6) is 0 Å². The van der Waals surface area contributed by atoms with Crippen LogP contribution in [-0.2, 0) is 14.3 Å². The third-order valence-electron chi connectivity index (χ3n) is 4.90. The van der Waals surface area contributed by atoms with Crippen molar-refractivity contribution in [2.75, 3.05) is 32.1 Å². The highest BCUT2D eigenvalue weighted by atomic mass is 32.1. The Bertz CT molecular complexity index is 920. The molecule has 0 unspecified atom stereocenters. The van der Waals surface area contributed by atoms with Gasteiger partial charge in [0.1, 0.15) is 6.54 Å². The van der Waals surface area contributed by atoms with Gasteiger partial charge in [-0.1, -0.05) is 12.1 Å². The number of ether oxygens (including phenoxy) is 1. The van der Waals surface area contributed by atoms with Crippen LogP contribution in [0.4, 0.5) is 5.69 Å². The Kier molecular flexibility index (Phi) is 7.18. The molecule has 0 spiro atoms. The maximum Gasteiger partial charge on any atom is 0.325 e. The highest BCUT2D eigenvalue weighted by Crippen LogP contribution is 2.22. The SMILES string of the molecule is COC(=O)CNC(=O)c1cccc(NC(=O)C2CCN(C(=O)c3cccs3)CC2)c1. The average molecular weight is 429 g/mol. The van der Waals surface area contributed by atoms with Crippen molar-refractivity contribution >= 4 is 40.7 Å². The molecule has 2 heterocycles. The van der Waals surface area contributed by atoms with E-state index in [1.54, 1.807) is 35.2 Å². The topological polar surface area (TPSA) is 105 Å². The van der Waals surface area contributed by atoms with Crippen LogP contribution in [-0.4, -0.2) is 55.3 Å². The van der Waals surface area contributed by atoms with E-state index in [1.165, 1.54) is 18.4 Å². The highest BCUT2D eigenvalue weighted by Gasteiger charge is 2.28. The molecule has 8 nitrogen and oxygen atoms in total. The second-order valence-electron chi connectivity index (χ2n) is 6.87. The molecule has 1 aromatic carbocycles. The van der Waals surface area contributed by atoms with E-state index < -0.39 is 11.9 Å². The largest absolute Gasteiger partial charge is 0.468 e. The van der Waals surface area contributed by atoms with E-state index in [1.807, 2.05) is 11.4 Å². The average Bonchev–Trinajstić information content (AvgIpc) is 3.32. The number of piperidine rings is 1. The van der Waals surface area contributed by atoms with Gasteiger partial charge in [-0.3, -0.25) is 19.2 Å². The number of nitrogens with one attached hydrogen (secondary N) is 2. The Labute approximate surface area is 178 Å². The summed E-state index contributed by atoms with van der Waals surface area (Å²) in [5.41, 5.74) is 0.830. The minimum Gasteiger partial charge on any atom is -0.468 e. The molecule has 158 valence electrons. The van der Waals surface area contributed by atoms with Crippen LogP contribution >= 0.6 is 11.3 Å². The standard InChI is InChI=1S/C21H23N3O5S/c1-29-18(25)13-22-19(26)15-4-2-5-16(12-15)23-20(27)14-7-9-24(10-8-14)21(28)17-6-3-11-30-17/h2-6,11-12,14H,7-10,13H2,1H3,(H,22,26)(H,23,27). The predicted molar refractivity (Wildman–Crippen MR) is 112 cm³/mol. The van der Waals surface area contributed by atoms with Crippen molar-refractivity contribution in [1.82, 2.24) is 10.2 Å². The first-order chi connectivity index (χ1) is 14.5. The van der Waals surface area contributed by atoms with Crippen LogP contribution in [0.15, 0.2) is 41.8 Å². The number of hydrogen-bond acceptors (Lipinski definition) is 6. The summed E-state index contributed by atoms with van der Waals surface area (Å²) in [5, 5.41) is 7.17. The number of carbonyl (C=O) groups is 4. The molecule has 1 aliphatic heterocycles. The third-order valence-corrected chi connectivity index (χ3v) is 5.76. The molecule has 1 aliphatic rings. The molecule has 3 amide bonds. The molecule has 0 radical (unpaired) electrons. The number of likely N-dealkylation sites (tertiary alicyclic amines) is 1. The van der Waals surface area contributed by atoms with Gasteiger partial charge >= 0.3 is 5.97 Å². The second kappa shape index (κ2) is 10.0. The molecule has 0 saturated carbocycles. The number of rotatable bonds is 6. The van der Waals surface area contributed by atoms with Crippen LogP contribution in [0.1, 0.15) is 32.9 Å². The fraction of sp³-hybridized carbons (Fsp3) is 0.333. The number of benzene rings is 1. The van der Waals surface area contributed by atoms with Gasteiger partial charge in [0.2, 0.25) is 5.91 Å². The number of amides is 3. The lowest BCUT2D eigenvalue weighted by Crippen LogP contribution is -2.41. The zero-order chi connectivity index (χ0) is 21.5. The van der Waals surface area contributed by atoms with Crippen molar-refractivity contribution in [2.45, 2.75) is 12.8 Å². The van der Waals surface area contributed by atoms with Crippen molar-refractivity contribution < 1.29 is 23.9 Å². The smallest absolute Gasteiger partial charge is 0.325 e. The Balaban J connectivity index is 1.52. The molecule has 0 aliphatic carbocycles. The lowest BCUT2D eigenvalue weighted by Gasteiger charge is -2.31. The van der Waals surface area contributed by atoms with Gasteiger partial charge in [-0.2, -0.15) is 0 Å². The van der Waals surface area contributed by atoms with Crippen molar-refractivity contribution in [3.63, 3.8) is 0 Å². The fourth-order valence-electron chi connectivity index (χ4n) is 3.21. The number of nitrogens with zero attached hydrogens (tertiary/aromatic N) is 1. The van der Waals surface area contributed by atoms with Gasteiger partial charge in [0.05, 0.1) is 12.0 Å². The molecule has 1 saturated heterocycles. The molecule has 2 aromatic rings. The lowest BCUT2D eigenvalue weighted by atomic mass is 9.95. The Hall–Kier alpha value is -3.20. The first kappa shape index (κ1) is 21.5. The fourth-order valence-corrected chi connectivity index (χ4v) is 3.90. The number of methoxy groups -OCH3 is 1. The molecular weight excluding hydrogens is 406 g/mol. The number of anilines is 1. The van der Waals surface area contributed by atoms with E-state index in [0.717, 1.165) is 0 Å². The van der Waals surface area contributed by atoms with Crippen LogP contribution < -0.4 is 10.6 Å². The number of esters is 1. The minimum absolute atomic E-state index is 0.00882. The third kappa shape index (κ3) is 5.44. The molecule has 2 N–H and O–H groups in total. The molecule has 9 heteroatoms. The maximum atomic E-state index is 12.6. The number of carbonyl (C=O) groups excluding carboxylic acids is 4. The van der Waals surface area contributed by atoms with Crippen molar-refractivity contribution in [3.8, 4) is 0 Å². The summed E-state index contributed by atoms with van der Waals surface area (Å²) >= 11 is 1.41. The van der Waals surface area contributed by atoms with Gasteiger partial charge in [-0.05, 0) is 42.5 Å². The highest BCUT2D eigenvalue weighted by molar-refractivity contribution is 7.12. The van der Waals surface area contributed by atoms with E-state index in [-0.39, 0.29) is 24.3 Å². The summed E-state index contributed by atoms with van der Waals surface area (Å²) in [6, 6.07) is 10.2. The number of thiophene rings is 1. The first-order valence-electron chi connectivity index (χ1n) is 9.56. The molecule has 3 rings (SSSR count). The van der Waals surface area contributed by atoms with Gasteiger partial charge in [0.25, 0.3) is 11.8 Å². The Morgan fingerprint density at radius 3 is 2.57 bits per heavy atom. The first-order valence-corrected chi connectivity index (χ1v) is 10.4.